The summed E-state index contributed by atoms with van der Waals surface area (Å²) in [6, 6.07) is 5.90. The zero-order chi connectivity index (χ0) is 12.2. The summed E-state index contributed by atoms with van der Waals surface area (Å²) in [5.41, 5.74) is 2.01. The lowest BCUT2D eigenvalue weighted by Crippen LogP contribution is -2.14. The summed E-state index contributed by atoms with van der Waals surface area (Å²) in [6.07, 6.45) is 5.11. The van der Waals surface area contributed by atoms with Gasteiger partial charge in [0.05, 0.1) is 5.69 Å². The molecule has 1 aromatic carbocycles. The molecule has 0 atom stereocenters. The third-order valence-electron chi connectivity index (χ3n) is 2.72. The van der Waals surface area contributed by atoms with Gasteiger partial charge in [-0.1, -0.05) is 12.1 Å². The molecule has 1 N–H and O–H groups in total. The standard InChI is InChI=1S/C13H13N3O2/c1-2-10(13-12(3-1)17-9-18-13)6-15-8-11-7-14-4-5-16-11/h1-5,7,15H,6,8-9H2. The van der Waals surface area contributed by atoms with Crippen molar-refractivity contribution in [3.63, 3.8) is 0 Å². The predicted octanol–water partition coefficient (Wildman–Crippen LogP) is 1.50. The average molecular weight is 243 g/mol. The second kappa shape index (κ2) is 5.01. The molecule has 3 rings (SSSR count). The maximum atomic E-state index is 5.44. The molecular formula is C13H13N3O2. The van der Waals surface area contributed by atoms with Gasteiger partial charge in [-0.3, -0.25) is 9.97 Å². The fourth-order valence-corrected chi connectivity index (χ4v) is 1.88. The lowest BCUT2D eigenvalue weighted by molar-refractivity contribution is 0.173. The minimum atomic E-state index is 0.302. The van der Waals surface area contributed by atoms with Crippen LogP contribution in [0, 0.1) is 0 Å². The smallest absolute Gasteiger partial charge is 0.231 e. The lowest BCUT2D eigenvalue weighted by Gasteiger charge is -2.07. The van der Waals surface area contributed by atoms with Gasteiger partial charge in [-0.15, -0.1) is 0 Å². The van der Waals surface area contributed by atoms with E-state index >= 15 is 0 Å². The predicted molar refractivity (Wildman–Crippen MR) is 65.1 cm³/mol. The molecule has 2 heterocycles. The molecule has 92 valence electrons. The minimum absolute atomic E-state index is 0.302. The van der Waals surface area contributed by atoms with Crippen LogP contribution in [0.25, 0.3) is 0 Å². The van der Waals surface area contributed by atoms with Crippen molar-refractivity contribution in [2.75, 3.05) is 6.79 Å². The van der Waals surface area contributed by atoms with Crippen LogP contribution in [0.5, 0.6) is 11.5 Å². The van der Waals surface area contributed by atoms with Gasteiger partial charge in [-0.2, -0.15) is 0 Å². The van der Waals surface area contributed by atoms with Gasteiger partial charge >= 0.3 is 0 Å². The van der Waals surface area contributed by atoms with E-state index in [4.69, 9.17) is 9.47 Å². The molecule has 0 radical (unpaired) electrons. The molecule has 0 amide bonds. The Kier molecular flexibility index (Phi) is 3.06. The van der Waals surface area contributed by atoms with Crippen LogP contribution in [-0.2, 0) is 13.1 Å². The Labute approximate surface area is 105 Å². The zero-order valence-corrected chi connectivity index (χ0v) is 9.80. The maximum absolute atomic E-state index is 5.44. The molecule has 0 bridgehead atoms. The highest BCUT2D eigenvalue weighted by atomic mass is 16.7. The van der Waals surface area contributed by atoms with Crippen LogP contribution < -0.4 is 14.8 Å². The Morgan fingerprint density at radius 3 is 3.06 bits per heavy atom. The quantitative estimate of drug-likeness (QED) is 0.881. The summed E-state index contributed by atoms with van der Waals surface area (Å²) < 4.78 is 10.8. The molecule has 0 spiro atoms. The molecular weight excluding hydrogens is 230 g/mol. The zero-order valence-electron chi connectivity index (χ0n) is 9.80. The molecule has 2 aromatic rings. The molecule has 0 saturated heterocycles. The molecule has 0 unspecified atom stereocenters. The summed E-state index contributed by atoms with van der Waals surface area (Å²) >= 11 is 0. The first-order valence-electron chi connectivity index (χ1n) is 5.76. The van der Waals surface area contributed by atoms with Gasteiger partial charge in [0.25, 0.3) is 0 Å². The van der Waals surface area contributed by atoms with E-state index < -0.39 is 0 Å². The Bertz CT molecular complexity index is 531. The van der Waals surface area contributed by atoms with Crippen LogP contribution in [0.4, 0.5) is 0 Å². The van der Waals surface area contributed by atoms with Crippen LogP contribution in [0.15, 0.2) is 36.8 Å². The van der Waals surface area contributed by atoms with Crippen LogP contribution in [-0.4, -0.2) is 16.8 Å². The van der Waals surface area contributed by atoms with Gasteiger partial charge in [0.15, 0.2) is 11.5 Å². The van der Waals surface area contributed by atoms with Crippen LogP contribution in [0.3, 0.4) is 0 Å². The van der Waals surface area contributed by atoms with Crippen LogP contribution in [0.1, 0.15) is 11.3 Å². The summed E-state index contributed by atoms with van der Waals surface area (Å²) in [5, 5.41) is 3.31. The molecule has 0 aliphatic carbocycles. The first kappa shape index (κ1) is 11.0. The Morgan fingerprint density at radius 1 is 1.17 bits per heavy atom. The third kappa shape index (κ3) is 2.26. The highest BCUT2D eigenvalue weighted by Crippen LogP contribution is 2.35. The number of fused-ring (bicyclic) bond motifs is 1. The number of benzene rings is 1. The molecule has 1 aliphatic rings. The van der Waals surface area contributed by atoms with E-state index in [0.29, 0.717) is 19.9 Å². The molecule has 1 aliphatic heterocycles. The van der Waals surface area contributed by atoms with Crippen molar-refractivity contribution >= 4 is 0 Å². The first-order chi connectivity index (χ1) is 8.93. The summed E-state index contributed by atoms with van der Waals surface area (Å²) in [7, 11) is 0. The van der Waals surface area contributed by atoms with Crippen molar-refractivity contribution in [1.82, 2.24) is 15.3 Å². The number of aromatic nitrogens is 2. The van der Waals surface area contributed by atoms with E-state index in [-0.39, 0.29) is 0 Å². The summed E-state index contributed by atoms with van der Waals surface area (Å²) in [5.74, 6) is 1.65. The molecule has 5 nitrogen and oxygen atoms in total. The SMILES string of the molecule is c1cc(CNCc2cnccn2)c2c(c1)OCO2. The fourth-order valence-electron chi connectivity index (χ4n) is 1.88. The number of para-hydroxylation sites is 1. The van der Waals surface area contributed by atoms with E-state index in [9.17, 15) is 0 Å². The first-order valence-corrected chi connectivity index (χ1v) is 5.76. The van der Waals surface area contributed by atoms with Crippen molar-refractivity contribution in [3.8, 4) is 11.5 Å². The normalized spacial score (nSPS) is 12.7. The number of nitrogens with zero attached hydrogens (tertiary/aromatic N) is 2. The van der Waals surface area contributed by atoms with Gasteiger partial charge < -0.3 is 14.8 Å². The molecule has 0 fully saturated rings. The number of rotatable bonds is 4. The van der Waals surface area contributed by atoms with Gasteiger partial charge in [-0.05, 0) is 6.07 Å². The minimum Gasteiger partial charge on any atom is -0.454 e. The number of nitrogens with one attached hydrogen (secondary N) is 1. The highest BCUT2D eigenvalue weighted by molar-refractivity contribution is 5.48. The fraction of sp³-hybridized carbons (Fsp3) is 0.231. The van der Waals surface area contributed by atoms with Crippen molar-refractivity contribution in [1.29, 1.82) is 0 Å². The van der Waals surface area contributed by atoms with Gasteiger partial charge in [0.2, 0.25) is 6.79 Å². The monoisotopic (exact) mass is 243 g/mol. The largest absolute Gasteiger partial charge is 0.454 e. The maximum Gasteiger partial charge on any atom is 0.231 e. The van der Waals surface area contributed by atoms with Crippen molar-refractivity contribution in [2.45, 2.75) is 13.1 Å². The second-order valence-corrected chi connectivity index (χ2v) is 3.95. The van der Waals surface area contributed by atoms with E-state index in [1.165, 1.54) is 0 Å². The molecule has 18 heavy (non-hydrogen) atoms. The van der Waals surface area contributed by atoms with E-state index in [1.54, 1.807) is 18.6 Å². The number of ether oxygens (including phenoxy) is 2. The van der Waals surface area contributed by atoms with Crippen molar-refractivity contribution < 1.29 is 9.47 Å². The van der Waals surface area contributed by atoms with E-state index in [2.05, 4.69) is 15.3 Å². The van der Waals surface area contributed by atoms with Crippen molar-refractivity contribution in [2.24, 2.45) is 0 Å². The molecule has 5 heteroatoms. The Hall–Kier alpha value is -2.14. The Morgan fingerprint density at radius 2 is 2.17 bits per heavy atom. The van der Waals surface area contributed by atoms with Crippen LogP contribution >= 0.6 is 0 Å². The highest BCUT2D eigenvalue weighted by Gasteiger charge is 2.16. The van der Waals surface area contributed by atoms with E-state index in [0.717, 1.165) is 22.8 Å². The average Bonchev–Trinajstić information content (AvgIpc) is 2.89. The topological polar surface area (TPSA) is 56.3 Å². The third-order valence-corrected chi connectivity index (χ3v) is 2.72. The number of hydrogen-bond acceptors (Lipinski definition) is 5. The molecule has 1 aromatic heterocycles. The van der Waals surface area contributed by atoms with E-state index in [1.807, 2.05) is 18.2 Å². The lowest BCUT2D eigenvalue weighted by atomic mass is 10.2. The summed E-state index contributed by atoms with van der Waals surface area (Å²) in [6.45, 7) is 1.69. The molecule has 0 saturated carbocycles. The Balaban J connectivity index is 1.63. The van der Waals surface area contributed by atoms with Crippen LogP contribution in [0.2, 0.25) is 0 Å². The van der Waals surface area contributed by atoms with Gasteiger partial charge in [0.1, 0.15) is 0 Å². The second-order valence-electron chi connectivity index (χ2n) is 3.95. The summed E-state index contributed by atoms with van der Waals surface area (Å²) in [4.78, 5) is 8.22. The van der Waals surface area contributed by atoms with Gasteiger partial charge in [-0.25, -0.2) is 0 Å². The van der Waals surface area contributed by atoms with Crippen molar-refractivity contribution in [3.05, 3.63) is 48.0 Å². The van der Waals surface area contributed by atoms with Gasteiger partial charge in [0, 0.05) is 37.2 Å². The number of hydrogen-bond donors (Lipinski definition) is 1.